The van der Waals surface area contributed by atoms with E-state index in [0.29, 0.717) is 10.9 Å². The highest BCUT2D eigenvalue weighted by Gasteiger charge is 2.09. The molecule has 23 heavy (non-hydrogen) atoms. The van der Waals surface area contributed by atoms with E-state index in [0.717, 1.165) is 29.4 Å². The smallest absolute Gasteiger partial charge is 0.264 e. The molecule has 0 fully saturated rings. The van der Waals surface area contributed by atoms with Crippen LogP contribution in [0.5, 0.6) is 5.75 Å². The number of benzene rings is 1. The van der Waals surface area contributed by atoms with Crippen molar-refractivity contribution in [1.29, 1.82) is 0 Å². The fraction of sp³-hybridized carbons (Fsp3) is 0.438. The molecule has 0 aliphatic carbocycles. The van der Waals surface area contributed by atoms with Gasteiger partial charge in [-0.1, -0.05) is 55.5 Å². The number of hydrogen-bond acceptors (Lipinski definition) is 6. The lowest BCUT2D eigenvalue weighted by Gasteiger charge is -2.06. The van der Waals surface area contributed by atoms with Gasteiger partial charge in [-0.15, -0.1) is 10.2 Å². The summed E-state index contributed by atoms with van der Waals surface area (Å²) in [6.45, 7) is 4.20. The highest BCUT2D eigenvalue weighted by atomic mass is 32.2. The molecule has 0 bridgehead atoms. The maximum Gasteiger partial charge on any atom is 0.264 e. The van der Waals surface area contributed by atoms with Crippen LogP contribution in [-0.4, -0.2) is 28.5 Å². The van der Waals surface area contributed by atoms with Gasteiger partial charge in [0.15, 0.2) is 10.9 Å². The summed E-state index contributed by atoms with van der Waals surface area (Å²) in [7, 11) is 0. The summed E-state index contributed by atoms with van der Waals surface area (Å²) in [5, 5.41) is 11.3. The number of ether oxygens (including phenoxy) is 1. The molecule has 5 nitrogen and oxygen atoms in total. The van der Waals surface area contributed by atoms with Crippen molar-refractivity contribution in [3.63, 3.8) is 0 Å². The number of anilines is 1. The molecule has 0 unspecified atom stereocenters. The van der Waals surface area contributed by atoms with Crippen molar-refractivity contribution in [1.82, 2.24) is 10.2 Å². The summed E-state index contributed by atoms with van der Waals surface area (Å²) < 4.78 is 6.39. The molecule has 2 aromatic rings. The summed E-state index contributed by atoms with van der Waals surface area (Å²) in [5.74, 6) is 1.50. The third-order valence-electron chi connectivity index (χ3n) is 3.05. The van der Waals surface area contributed by atoms with Gasteiger partial charge in [0.2, 0.25) is 5.13 Å². The van der Waals surface area contributed by atoms with Crippen molar-refractivity contribution >= 4 is 34.1 Å². The van der Waals surface area contributed by atoms with Gasteiger partial charge in [0.1, 0.15) is 5.75 Å². The van der Waals surface area contributed by atoms with Crippen molar-refractivity contribution < 1.29 is 9.53 Å². The molecule has 0 saturated carbocycles. The summed E-state index contributed by atoms with van der Waals surface area (Å²) >= 11 is 3.06. The summed E-state index contributed by atoms with van der Waals surface area (Å²) in [6, 6.07) is 7.75. The van der Waals surface area contributed by atoms with E-state index in [1.807, 2.05) is 24.3 Å². The largest absolute Gasteiger partial charge is 0.484 e. The lowest BCUT2D eigenvalue weighted by Crippen LogP contribution is -2.20. The number of amides is 1. The Morgan fingerprint density at radius 1 is 1.35 bits per heavy atom. The number of hydrogen-bond donors (Lipinski definition) is 1. The van der Waals surface area contributed by atoms with E-state index in [4.69, 9.17) is 4.74 Å². The zero-order valence-electron chi connectivity index (χ0n) is 13.4. The molecule has 1 aromatic carbocycles. The van der Waals surface area contributed by atoms with Gasteiger partial charge in [-0.05, 0) is 30.5 Å². The van der Waals surface area contributed by atoms with Crippen molar-refractivity contribution in [3.05, 3.63) is 29.8 Å². The van der Waals surface area contributed by atoms with Crippen LogP contribution in [0, 0.1) is 0 Å². The minimum absolute atomic E-state index is 0.0366. The molecule has 0 saturated heterocycles. The van der Waals surface area contributed by atoms with Gasteiger partial charge < -0.3 is 4.74 Å². The fourth-order valence-corrected chi connectivity index (χ4v) is 3.70. The second-order valence-corrected chi connectivity index (χ2v) is 7.23. The van der Waals surface area contributed by atoms with Crippen LogP contribution in [-0.2, 0) is 11.2 Å². The first-order valence-electron chi connectivity index (χ1n) is 7.69. The minimum atomic E-state index is -0.229. The zero-order valence-corrected chi connectivity index (χ0v) is 15.0. The maximum absolute atomic E-state index is 11.9. The second-order valence-electron chi connectivity index (χ2n) is 4.91. The summed E-state index contributed by atoms with van der Waals surface area (Å²) in [4.78, 5) is 11.9. The molecule has 0 aliphatic rings. The van der Waals surface area contributed by atoms with Crippen molar-refractivity contribution in [3.8, 4) is 5.75 Å². The molecule has 2 rings (SSSR count). The van der Waals surface area contributed by atoms with Gasteiger partial charge in [-0.2, -0.15) is 0 Å². The van der Waals surface area contributed by atoms with Crippen LogP contribution in [0.2, 0.25) is 0 Å². The average molecular weight is 351 g/mol. The Hall–Kier alpha value is -1.60. The standard InChI is InChI=1S/C16H21N3O2S2/c1-3-5-9-22-16-19-18-15(23-16)17-14(20)11-21-13-8-6-7-12(4-2)10-13/h6-8,10H,3-5,9,11H2,1-2H3,(H,17,18,20). The molecule has 1 N–H and O–H groups in total. The number of nitrogens with one attached hydrogen (secondary N) is 1. The highest BCUT2D eigenvalue weighted by Crippen LogP contribution is 2.26. The Balaban J connectivity index is 1.78. The van der Waals surface area contributed by atoms with Crippen LogP contribution in [0.1, 0.15) is 32.3 Å². The first-order valence-corrected chi connectivity index (χ1v) is 9.49. The Bertz CT molecular complexity index is 631. The van der Waals surface area contributed by atoms with E-state index in [-0.39, 0.29) is 12.5 Å². The number of nitrogens with zero attached hydrogens (tertiary/aromatic N) is 2. The summed E-state index contributed by atoms with van der Waals surface area (Å²) in [5.41, 5.74) is 1.18. The predicted molar refractivity (Wildman–Crippen MR) is 95.5 cm³/mol. The SMILES string of the molecule is CCCCSc1nnc(NC(=O)COc2cccc(CC)c2)s1. The first-order chi connectivity index (χ1) is 11.2. The molecule has 7 heteroatoms. The third kappa shape index (κ3) is 6.19. The molecule has 0 atom stereocenters. The monoisotopic (exact) mass is 351 g/mol. The third-order valence-corrected chi connectivity index (χ3v) is 5.11. The quantitative estimate of drug-likeness (QED) is 0.420. The van der Waals surface area contributed by atoms with Crippen molar-refractivity contribution in [2.45, 2.75) is 37.4 Å². The Kier molecular flexibility index (Phi) is 7.35. The molecular formula is C16H21N3O2S2. The minimum Gasteiger partial charge on any atom is -0.484 e. The summed E-state index contributed by atoms with van der Waals surface area (Å²) in [6.07, 6.45) is 3.25. The topological polar surface area (TPSA) is 64.1 Å². The molecular weight excluding hydrogens is 330 g/mol. The second kappa shape index (κ2) is 9.52. The van der Waals surface area contributed by atoms with Crippen LogP contribution in [0.25, 0.3) is 0 Å². The Labute approximate surface area is 144 Å². The number of aryl methyl sites for hydroxylation is 1. The molecule has 1 aromatic heterocycles. The number of thioether (sulfide) groups is 1. The van der Waals surface area contributed by atoms with Crippen LogP contribution in [0.15, 0.2) is 28.6 Å². The molecule has 0 radical (unpaired) electrons. The molecule has 1 heterocycles. The van der Waals surface area contributed by atoms with Gasteiger partial charge >= 0.3 is 0 Å². The van der Waals surface area contributed by atoms with Gasteiger partial charge in [-0.25, -0.2) is 0 Å². The average Bonchev–Trinajstić information content (AvgIpc) is 3.01. The predicted octanol–water partition coefficient (Wildman–Crippen LogP) is 4.01. The van der Waals surface area contributed by atoms with E-state index in [1.54, 1.807) is 11.8 Å². The molecule has 0 aliphatic heterocycles. The highest BCUT2D eigenvalue weighted by molar-refractivity contribution is 8.01. The fourth-order valence-electron chi connectivity index (χ4n) is 1.78. The number of aromatic nitrogens is 2. The van der Waals surface area contributed by atoms with Crippen LogP contribution < -0.4 is 10.1 Å². The zero-order chi connectivity index (χ0) is 16.5. The Morgan fingerprint density at radius 3 is 3.00 bits per heavy atom. The van der Waals surface area contributed by atoms with Gasteiger partial charge in [0.05, 0.1) is 0 Å². The number of unbranched alkanes of at least 4 members (excludes halogenated alkanes) is 1. The van der Waals surface area contributed by atoms with E-state index in [1.165, 1.54) is 16.9 Å². The Morgan fingerprint density at radius 2 is 2.22 bits per heavy atom. The molecule has 0 spiro atoms. The van der Waals surface area contributed by atoms with E-state index >= 15 is 0 Å². The number of carbonyl (C=O) groups excluding carboxylic acids is 1. The van der Waals surface area contributed by atoms with Crippen LogP contribution in [0.3, 0.4) is 0 Å². The van der Waals surface area contributed by atoms with Crippen LogP contribution in [0.4, 0.5) is 5.13 Å². The van der Waals surface area contributed by atoms with Crippen molar-refractivity contribution in [2.24, 2.45) is 0 Å². The lowest BCUT2D eigenvalue weighted by atomic mass is 10.2. The number of rotatable bonds is 9. The van der Waals surface area contributed by atoms with Crippen LogP contribution >= 0.6 is 23.1 Å². The van der Waals surface area contributed by atoms with E-state index < -0.39 is 0 Å². The first kappa shape index (κ1) is 17.7. The van der Waals surface area contributed by atoms with E-state index in [2.05, 4.69) is 29.4 Å². The normalized spacial score (nSPS) is 10.5. The van der Waals surface area contributed by atoms with Gasteiger partial charge in [-0.3, -0.25) is 10.1 Å². The lowest BCUT2D eigenvalue weighted by molar-refractivity contribution is -0.118. The van der Waals surface area contributed by atoms with Crippen molar-refractivity contribution in [2.75, 3.05) is 17.7 Å². The molecule has 124 valence electrons. The maximum atomic E-state index is 11.9. The van der Waals surface area contributed by atoms with Gasteiger partial charge in [0, 0.05) is 5.75 Å². The molecule has 1 amide bonds. The van der Waals surface area contributed by atoms with E-state index in [9.17, 15) is 4.79 Å². The number of carbonyl (C=O) groups is 1. The van der Waals surface area contributed by atoms with Gasteiger partial charge in [0.25, 0.3) is 5.91 Å².